The van der Waals surface area contributed by atoms with Gasteiger partial charge in [-0.2, -0.15) is 15.3 Å². The third-order valence-electron chi connectivity index (χ3n) is 6.91. The summed E-state index contributed by atoms with van der Waals surface area (Å²) in [5.41, 5.74) is 2.85. The van der Waals surface area contributed by atoms with E-state index in [2.05, 4.69) is 127 Å². The van der Waals surface area contributed by atoms with E-state index < -0.39 is 7.26 Å². The average Bonchev–Trinajstić information content (AvgIpc) is 3.10. The number of ether oxygens (including phenoxy) is 1. The quantitative estimate of drug-likeness (QED) is 0.0362. The molecule has 1 radical (unpaired) electrons. The van der Waals surface area contributed by atoms with Crippen LogP contribution in [0.5, 0.6) is 0 Å². The minimum atomic E-state index is -2.04. The number of benzene rings is 4. The van der Waals surface area contributed by atoms with Crippen LogP contribution in [-0.2, 0) is 47.1 Å². The summed E-state index contributed by atoms with van der Waals surface area (Å²) in [4.78, 5) is 0. The molecule has 3 N–H and O–H groups in total. The van der Waals surface area contributed by atoms with E-state index in [0.717, 1.165) is 11.3 Å². The van der Waals surface area contributed by atoms with Gasteiger partial charge in [-0.15, -0.1) is 5.10 Å². The molecule has 0 amide bonds. The van der Waals surface area contributed by atoms with Crippen LogP contribution in [0.1, 0.15) is 12.5 Å². The first kappa shape index (κ1) is 36.8. The summed E-state index contributed by atoms with van der Waals surface area (Å²) >= 11 is 10.2. The van der Waals surface area contributed by atoms with Crippen molar-refractivity contribution in [1.82, 2.24) is 10.6 Å². The van der Waals surface area contributed by atoms with E-state index in [4.69, 9.17) is 30.0 Å². The van der Waals surface area contributed by atoms with Crippen LogP contribution in [0.4, 0.5) is 5.69 Å². The minimum Gasteiger partial charge on any atom is -0.741 e. The summed E-state index contributed by atoms with van der Waals surface area (Å²) < 4.78 is 6.49. The number of rotatable bonds is 13. The van der Waals surface area contributed by atoms with Crippen molar-refractivity contribution >= 4 is 75.9 Å². The molecular formula is C34H37CuN7OPS2+. The standard InChI is InChI=1S/C34H38N7OPS2.Cu/c1-26(38-40-33(44)35-2)32(39-41-34(45)36-3)27-19-21-28(22-20-27)37-23-24-42-25-43(29-13-7-4-8-14-29,30-15-9-5-10-16-30)31-17-11-6-12-18-31;/h4-22H,23-25H2,1-3H3,(H4-,35,36,37,38,39,40,41,44,45);/q;+2/p-1. The Morgan fingerprint density at radius 2 is 1.11 bits per heavy atom. The van der Waals surface area contributed by atoms with E-state index in [0.29, 0.717) is 30.9 Å². The smallest absolute Gasteiger partial charge is 0.741 e. The van der Waals surface area contributed by atoms with Crippen molar-refractivity contribution in [3.63, 3.8) is 0 Å². The fourth-order valence-corrected chi connectivity index (χ4v) is 8.50. The van der Waals surface area contributed by atoms with Crippen LogP contribution in [0.2, 0.25) is 0 Å². The van der Waals surface area contributed by atoms with Gasteiger partial charge in [0.15, 0.2) is 6.35 Å². The first-order chi connectivity index (χ1) is 22.0. The van der Waals surface area contributed by atoms with Crippen molar-refractivity contribution < 1.29 is 21.8 Å². The molecule has 0 aliphatic heterocycles. The van der Waals surface area contributed by atoms with Crippen LogP contribution in [0, 0.1) is 0 Å². The van der Waals surface area contributed by atoms with Crippen molar-refractivity contribution in [2.24, 2.45) is 20.4 Å². The zero-order valence-corrected chi connectivity index (χ0v) is 29.3. The molecule has 241 valence electrons. The Kier molecular flexibility index (Phi) is 15.3. The van der Waals surface area contributed by atoms with Crippen LogP contribution >= 0.6 is 7.26 Å². The van der Waals surface area contributed by atoms with Crippen LogP contribution in [0.3, 0.4) is 0 Å². The normalized spacial score (nSPS) is 12.7. The van der Waals surface area contributed by atoms with E-state index in [9.17, 15) is 0 Å². The summed E-state index contributed by atoms with van der Waals surface area (Å²) in [6.45, 7) is 2.98. The fourth-order valence-electron chi connectivity index (χ4n) is 4.64. The molecule has 12 heteroatoms. The Morgan fingerprint density at radius 1 is 0.652 bits per heavy atom. The Hall–Kier alpha value is -3.69. The molecule has 0 heterocycles. The number of amidine groups is 2. The van der Waals surface area contributed by atoms with Crippen LogP contribution in [-0.4, -0.2) is 55.4 Å². The zero-order chi connectivity index (χ0) is 31.9. The molecule has 0 unspecified atom stereocenters. The number of nitrogens with zero attached hydrogens (tertiary/aromatic N) is 4. The molecule has 0 fully saturated rings. The van der Waals surface area contributed by atoms with Crippen molar-refractivity contribution in [3.8, 4) is 0 Å². The monoisotopic (exact) mass is 717 g/mol. The van der Waals surface area contributed by atoms with E-state index >= 15 is 0 Å². The predicted octanol–water partition coefficient (Wildman–Crippen LogP) is 4.39. The molecule has 0 atom stereocenters. The van der Waals surface area contributed by atoms with Crippen LogP contribution < -0.4 is 31.9 Å². The second-order valence-electron chi connectivity index (χ2n) is 9.80. The molecule has 0 aliphatic carbocycles. The molecule has 4 aromatic carbocycles. The van der Waals surface area contributed by atoms with Crippen molar-refractivity contribution in [2.75, 3.05) is 38.9 Å². The maximum absolute atomic E-state index is 6.49. The maximum Gasteiger partial charge on any atom is 2.00 e. The molecule has 4 rings (SSSR count). The molecule has 0 bridgehead atoms. The van der Waals surface area contributed by atoms with E-state index in [1.807, 2.05) is 24.3 Å². The average molecular weight is 718 g/mol. The first-order valence-corrected chi connectivity index (χ1v) is 17.2. The molecule has 0 saturated heterocycles. The second-order valence-corrected chi connectivity index (χ2v) is 14.0. The van der Waals surface area contributed by atoms with E-state index in [1.165, 1.54) is 15.9 Å². The molecule has 0 aromatic heterocycles. The van der Waals surface area contributed by atoms with Crippen molar-refractivity contribution in [3.05, 3.63) is 121 Å². The molecular weight excluding hydrogens is 681 g/mol. The maximum atomic E-state index is 6.49. The van der Waals surface area contributed by atoms with Gasteiger partial charge >= 0.3 is 17.1 Å². The van der Waals surface area contributed by atoms with Gasteiger partial charge in [-0.05, 0) is 65.8 Å². The third-order valence-corrected chi connectivity index (χ3v) is 11.6. The summed E-state index contributed by atoms with van der Waals surface area (Å²) in [6.07, 6.45) is 0.601. The molecule has 0 aliphatic rings. The largest absolute Gasteiger partial charge is 2.00 e. The van der Waals surface area contributed by atoms with Crippen LogP contribution in [0.25, 0.3) is 0 Å². The predicted molar refractivity (Wildman–Crippen MR) is 198 cm³/mol. The van der Waals surface area contributed by atoms with Gasteiger partial charge in [0.2, 0.25) is 0 Å². The Labute approximate surface area is 294 Å². The molecule has 0 spiro atoms. The molecule has 4 aromatic rings. The fraction of sp³-hybridized carbons (Fsp3) is 0.176. The topological polar surface area (TPSA) is 94.8 Å². The SMILES string of the molecule is CN/C([S-])=N/N=C(C)/C(=N/N=C(\[S-])NC)c1ccc(NCCOC[P+](c2ccccc2)(c2ccccc2)c2ccccc2)cc1.[Cu+2]. The second kappa shape index (κ2) is 19.1. The summed E-state index contributed by atoms with van der Waals surface area (Å²) in [7, 11) is 1.35. The van der Waals surface area contributed by atoms with Crippen molar-refractivity contribution in [2.45, 2.75) is 6.92 Å². The number of hydrogen-bond donors (Lipinski definition) is 3. The summed E-state index contributed by atoms with van der Waals surface area (Å²) in [5.74, 6) is 0. The summed E-state index contributed by atoms with van der Waals surface area (Å²) in [6, 6.07) is 40.1. The minimum absolute atomic E-state index is 0. The molecule has 8 nitrogen and oxygen atoms in total. The van der Waals surface area contributed by atoms with E-state index in [-0.39, 0.29) is 27.4 Å². The molecule has 0 saturated carbocycles. The van der Waals surface area contributed by atoms with Gasteiger partial charge in [-0.25, -0.2) is 0 Å². The van der Waals surface area contributed by atoms with Gasteiger partial charge in [0, 0.05) is 31.9 Å². The molecule has 46 heavy (non-hydrogen) atoms. The number of hydrogen-bond acceptors (Lipinski definition) is 8. The summed E-state index contributed by atoms with van der Waals surface area (Å²) in [5, 5.41) is 30.1. The van der Waals surface area contributed by atoms with Crippen molar-refractivity contribution in [1.29, 1.82) is 0 Å². The van der Waals surface area contributed by atoms with Gasteiger partial charge in [-0.3, -0.25) is 0 Å². The Bertz CT molecular complexity index is 1530. The first-order valence-electron chi connectivity index (χ1n) is 14.4. The van der Waals surface area contributed by atoms with Gasteiger partial charge in [-0.1, -0.05) is 66.7 Å². The number of anilines is 1. The Balaban J connectivity index is 0.00000576. The van der Waals surface area contributed by atoms with Gasteiger partial charge in [0.25, 0.3) is 0 Å². The van der Waals surface area contributed by atoms with Gasteiger partial charge < -0.3 is 45.9 Å². The number of nitrogens with one attached hydrogen (secondary N) is 3. The van der Waals surface area contributed by atoms with E-state index in [1.54, 1.807) is 21.0 Å². The van der Waals surface area contributed by atoms with Gasteiger partial charge in [0.05, 0.1) is 12.3 Å². The van der Waals surface area contributed by atoms with Crippen LogP contribution in [0.15, 0.2) is 136 Å². The zero-order valence-electron chi connectivity index (χ0n) is 25.9. The third kappa shape index (κ3) is 9.90. The van der Waals surface area contributed by atoms with Gasteiger partial charge in [0.1, 0.15) is 28.9 Å². The Morgan fingerprint density at radius 3 is 1.57 bits per heavy atom.